The third kappa shape index (κ3) is 5.20. The Hall–Kier alpha value is -3.20. The summed E-state index contributed by atoms with van der Waals surface area (Å²) in [6, 6.07) is 10.1. The van der Waals surface area contributed by atoms with Gasteiger partial charge in [0.25, 0.3) is 11.8 Å². The minimum atomic E-state index is -0.588. The number of anilines is 2. The van der Waals surface area contributed by atoms with Crippen LogP contribution in [0.3, 0.4) is 0 Å². The van der Waals surface area contributed by atoms with Gasteiger partial charge >= 0.3 is 5.97 Å². The Kier molecular flexibility index (Phi) is 6.61. The average Bonchev–Trinajstić information content (AvgIpc) is 3.18. The highest BCUT2D eigenvalue weighted by molar-refractivity contribution is 7.12. The number of nitrogens with zero attached hydrogens (tertiary/aromatic N) is 1. The number of para-hydroxylation sites is 2. The number of benzene rings is 1. The lowest BCUT2D eigenvalue weighted by molar-refractivity contribution is -0.147. The van der Waals surface area contributed by atoms with Gasteiger partial charge in [0.05, 0.1) is 22.7 Å². The fourth-order valence-electron chi connectivity index (χ4n) is 3.02. The number of rotatable bonds is 6. The van der Waals surface area contributed by atoms with E-state index in [2.05, 4.69) is 10.6 Å². The largest absolute Gasteiger partial charge is 0.455 e. The van der Waals surface area contributed by atoms with Crippen LogP contribution in [0, 0.1) is 0 Å². The summed E-state index contributed by atoms with van der Waals surface area (Å²) in [5.41, 5.74) is 1.10. The van der Waals surface area contributed by atoms with E-state index in [0.717, 1.165) is 0 Å². The fraction of sp³-hybridized carbons (Fsp3) is 0.300. The maximum Gasteiger partial charge on any atom is 0.308 e. The molecule has 1 aromatic heterocycles. The molecule has 0 saturated heterocycles. The first-order valence-electron chi connectivity index (χ1n) is 9.14. The van der Waals surface area contributed by atoms with E-state index >= 15 is 0 Å². The van der Waals surface area contributed by atoms with E-state index < -0.39 is 18.5 Å². The molecule has 1 atom stereocenters. The molecule has 8 nitrogen and oxygen atoms in total. The van der Waals surface area contributed by atoms with Crippen molar-refractivity contribution in [2.45, 2.75) is 25.8 Å². The van der Waals surface area contributed by atoms with E-state index in [-0.39, 0.29) is 37.2 Å². The number of amides is 3. The molecule has 9 heteroatoms. The van der Waals surface area contributed by atoms with Gasteiger partial charge in [-0.1, -0.05) is 18.2 Å². The number of fused-ring (bicyclic) bond motifs is 1. The number of thiophene rings is 1. The molecule has 1 aliphatic rings. The van der Waals surface area contributed by atoms with Gasteiger partial charge in [-0.25, -0.2) is 0 Å². The summed E-state index contributed by atoms with van der Waals surface area (Å²) in [6.07, 6.45) is 0.0969. The highest BCUT2D eigenvalue weighted by Gasteiger charge is 2.30. The summed E-state index contributed by atoms with van der Waals surface area (Å²) < 4.78 is 5.08. The molecule has 0 saturated carbocycles. The summed E-state index contributed by atoms with van der Waals surface area (Å²) in [4.78, 5) is 50.5. The van der Waals surface area contributed by atoms with Gasteiger partial charge in [-0.3, -0.25) is 19.2 Å². The predicted octanol–water partition coefficient (Wildman–Crippen LogP) is 2.18. The number of hydrogen-bond acceptors (Lipinski definition) is 6. The summed E-state index contributed by atoms with van der Waals surface area (Å²) in [6.45, 7) is 1.44. The summed E-state index contributed by atoms with van der Waals surface area (Å²) in [5, 5.41) is 7.19. The van der Waals surface area contributed by atoms with Crippen LogP contribution in [0.1, 0.15) is 29.4 Å². The second kappa shape index (κ2) is 9.33. The van der Waals surface area contributed by atoms with E-state index in [4.69, 9.17) is 4.74 Å². The first-order valence-corrected chi connectivity index (χ1v) is 10.0. The smallest absolute Gasteiger partial charge is 0.308 e. The molecule has 2 N–H and O–H groups in total. The van der Waals surface area contributed by atoms with Crippen LogP contribution in [-0.4, -0.2) is 42.9 Å². The van der Waals surface area contributed by atoms with Crippen molar-refractivity contribution < 1.29 is 23.9 Å². The van der Waals surface area contributed by atoms with Crippen LogP contribution in [0.2, 0.25) is 0 Å². The molecular weight excluding hydrogens is 394 g/mol. The normalized spacial score (nSPS) is 15.7. The Bertz CT molecular complexity index is 913. The Morgan fingerprint density at radius 2 is 2.03 bits per heavy atom. The van der Waals surface area contributed by atoms with E-state index in [1.165, 1.54) is 16.2 Å². The molecule has 2 aromatic rings. The van der Waals surface area contributed by atoms with Crippen molar-refractivity contribution in [3.63, 3.8) is 0 Å². The highest BCUT2D eigenvalue weighted by atomic mass is 32.1. The van der Waals surface area contributed by atoms with Crippen LogP contribution in [0.4, 0.5) is 11.4 Å². The van der Waals surface area contributed by atoms with Crippen molar-refractivity contribution in [3.8, 4) is 0 Å². The molecule has 0 spiro atoms. The van der Waals surface area contributed by atoms with E-state index in [0.29, 0.717) is 16.3 Å². The van der Waals surface area contributed by atoms with Crippen LogP contribution in [0.5, 0.6) is 0 Å². The molecule has 3 amide bonds. The zero-order valence-electron chi connectivity index (χ0n) is 15.8. The Morgan fingerprint density at radius 3 is 2.79 bits per heavy atom. The van der Waals surface area contributed by atoms with Gasteiger partial charge in [0.15, 0.2) is 6.61 Å². The first-order chi connectivity index (χ1) is 14.0. The highest BCUT2D eigenvalue weighted by Crippen LogP contribution is 2.31. The molecule has 0 bridgehead atoms. The molecule has 1 aliphatic heterocycles. The molecule has 1 unspecified atom stereocenters. The summed E-state index contributed by atoms with van der Waals surface area (Å²) in [7, 11) is 0. The Balaban J connectivity index is 1.52. The lowest BCUT2D eigenvalue weighted by Crippen LogP contribution is -2.41. The van der Waals surface area contributed by atoms with Gasteiger partial charge in [0.1, 0.15) is 0 Å². The van der Waals surface area contributed by atoms with Crippen molar-refractivity contribution in [2.24, 2.45) is 0 Å². The van der Waals surface area contributed by atoms with Crippen molar-refractivity contribution in [1.82, 2.24) is 5.32 Å². The monoisotopic (exact) mass is 415 g/mol. The molecule has 3 rings (SSSR count). The number of carbonyl (C=O) groups excluding carboxylic acids is 4. The standard InChI is InChI=1S/C20H21N3O5S/c1-13-11-17(24)22-14-5-2-3-6-15(14)23(13)18(25)12-28-19(26)8-9-21-20(27)16-7-4-10-29-16/h2-7,10,13H,8-9,11-12H2,1H3,(H,21,27)(H,22,24). The zero-order chi connectivity index (χ0) is 20.8. The SMILES string of the molecule is CC1CC(=O)Nc2ccccc2N1C(=O)COC(=O)CCNC(=O)c1cccs1. The van der Waals surface area contributed by atoms with Gasteiger partial charge in [0, 0.05) is 19.0 Å². The maximum atomic E-state index is 12.7. The van der Waals surface area contributed by atoms with Crippen LogP contribution in [0.25, 0.3) is 0 Å². The van der Waals surface area contributed by atoms with Crippen molar-refractivity contribution >= 4 is 46.4 Å². The van der Waals surface area contributed by atoms with Crippen LogP contribution in [-0.2, 0) is 19.1 Å². The van der Waals surface area contributed by atoms with Crippen LogP contribution < -0.4 is 15.5 Å². The third-order valence-electron chi connectivity index (χ3n) is 4.34. The fourth-order valence-corrected chi connectivity index (χ4v) is 3.66. The lowest BCUT2D eigenvalue weighted by Gasteiger charge is -2.27. The molecule has 29 heavy (non-hydrogen) atoms. The van der Waals surface area contributed by atoms with Gasteiger partial charge < -0.3 is 20.3 Å². The zero-order valence-corrected chi connectivity index (χ0v) is 16.7. The quantitative estimate of drug-likeness (QED) is 0.704. The number of ether oxygens (including phenoxy) is 1. The molecule has 0 radical (unpaired) electrons. The molecule has 0 fully saturated rings. The van der Waals surface area contributed by atoms with Crippen LogP contribution >= 0.6 is 11.3 Å². The Labute approximate surface area is 171 Å². The topological polar surface area (TPSA) is 105 Å². The van der Waals surface area contributed by atoms with Crippen LogP contribution in [0.15, 0.2) is 41.8 Å². The van der Waals surface area contributed by atoms with Crippen molar-refractivity contribution in [1.29, 1.82) is 0 Å². The number of esters is 1. The van der Waals surface area contributed by atoms with Gasteiger partial charge in [-0.2, -0.15) is 0 Å². The number of nitrogens with one attached hydrogen (secondary N) is 2. The maximum absolute atomic E-state index is 12.7. The van der Waals surface area contributed by atoms with Gasteiger partial charge in [0.2, 0.25) is 5.91 Å². The molecular formula is C20H21N3O5S. The predicted molar refractivity (Wildman–Crippen MR) is 109 cm³/mol. The first kappa shape index (κ1) is 20.5. The lowest BCUT2D eigenvalue weighted by atomic mass is 10.1. The molecule has 152 valence electrons. The minimum Gasteiger partial charge on any atom is -0.455 e. The molecule has 2 heterocycles. The van der Waals surface area contributed by atoms with Gasteiger partial charge in [-0.05, 0) is 30.5 Å². The van der Waals surface area contributed by atoms with E-state index in [1.54, 1.807) is 48.7 Å². The minimum absolute atomic E-state index is 0.0451. The number of carbonyl (C=O) groups is 4. The molecule has 0 aliphatic carbocycles. The second-order valence-corrected chi connectivity index (χ2v) is 7.47. The van der Waals surface area contributed by atoms with Gasteiger partial charge in [-0.15, -0.1) is 11.3 Å². The van der Waals surface area contributed by atoms with Crippen molar-refractivity contribution in [2.75, 3.05) is 23.4 Å². The average molecular weight is 415 g/mol. The number of hydrogen-bond donors (Lipinski definition) is 2. The Morgan fingerprint density at radius 1 is 1.24 bits per heavy atom. The summed E-state index contributed by atoms with van der Waals surface area (Å²) >= 11 is 1.31. The van der Waals surface area contributed by atoms with E-state index in [1.807, 2.05) is 0 Å². The second-order valence-electron chi connectivity index (χ2n) is 6.53. The third-order valence-corrected chi connectivity index (χ3v) is 5.21. The van der Waals surface area contributed by atoms with E-state index in [9.17, 15) is 19.2 Å². The van der Waals surface area contributed by atoms with Crippen molar-refractivity contribution in [3.05, 3.63) is 46.7 Å². The molecule has 1 aromatic carbocycles. The summed E-state index contributed by atoms with van der Waals surface area (Å²) in [5.74, 6) is -1.44.